The summed E-state index contributed by atoms with van der Waals surface area (Å²) in [5.74, 6) is 0.816. The van der Waals surface area contributed by atoms with Gasteiger partial charge in [-0.2, -0.15) is 0 Å². The Morgan fingerprint density at radius 3 is 2.73 bits per heavy atom. The average molecular weight is 329 g/mol. The van der Waals surface area contributed by atoms with Crippen molar-refractivity contribution in [3.05, 3.63) is 18.3 Å². The van der Waals surface area contributed by atoms with Crippen molar-refractivity contribution in [3.63, 3.8) is 0 Å². The summed E-state index contributed by atoms with van der Waals surface area (Å²) in [6, 6.07) is 4.02. The Bertz CT molecular complexity index is 465. The van der Waals surface area contributed by atoms with Crippen LogP contribution in [0, 0.1) is 0 Å². The molecule has 124 valence electrons. The van der Waals surface area contributed by atoms with Crippen molar-refractivity contribution in [2.24, 2.45) is 0 Å². The summed E-state index contributed by atoms with van der Waals surface area (Å²) in [5.41, 5.74) is 1.09. The molecule has 1 saturated heterocycles. The molecule has 0 spiro atoms. The maximum atomic E-state index is 10.8. The summed E-state index contributed by atoms with van der Waals surface area (Å²) >= 11 is 0. The normalized spacial score (nSPS) is 15.1. The quantitative estimate of drug-likeness (QED) is 0.801. The molecule has 1 aliphatic heterocycles. The van der Waals surface area contributed by atoms with Gasteiger partial charge in [-0.25, -0.2) is 4.98 Å². The molecule has 0 atom stereocenters. The Labute approximate surface area is 138 Å². The molecule has 1 aromatic rings. The van der Waals surface area contributed by atoms with Crippen LogP contribution in [0.4, 0.5) is 11.5 Å². The van der Waals surface area contributed by atoms with Crippen molar-refractivity contribution in [2.75, 3.05) is 56.1 Å². The van der Waals surface area contributed by atoms with Crippen LogP contribution in [0.2, 0.25) is 0 Å². The lowest BCUT2D eigenvalue weighted by Gasteiger charge is -2.36. The second-order valence-corrected chi connectivity index (χ2v) is 5.07. The van der Waals surface area contributed by atoms with Crippen LogP contribution in [0.25, 0.3) is 0 Å². The minimum absolute atomic E-state index is 0. The summed E-state index contributed by atoms with van der Waals surface area (Å²) in [4.78, 5) is 19.9. The molecular weight excluding hydrogens is 304 g/mol. The number of hydrogen-bond donors (Lipinski definition) is 1. The average Bonchev–Trinajstić information content (AvgIpc) is 2.49. The molecule has 0 aliphatic carbocycles. The van der Waals surface area contributed by atoms with Gasteiger partial charge in [-0.3, -0.25) is 9.69 Å². The highest BCUT2D eigenvalue weighted by atomic mass is 35.5. The van der Waals surface area contributed by atoms with Crippen molar-refractivity contribution in [2.45, 2.75) is 13.8 Å². The number of pyridine rings is 1. The van der Waals surface area contributed by atoms with Gasteiger partial charge in [-0.15, -0.1) is 12.4 Å². The van der Waals surface area contributed by atoms with Crippen molar-refractivity contribution in [1.29, 1.82) is 0 Å². The number of nitrogens with zero attached hydrogens (tertiary/aromatic N) is 3. The van der Waals surface area contributed by atoms with E-state index in [2.05, 4.69) is 33.1 Å². The third-order valence-electron chi connectivity index (χ3n) is 3.54. The van der Waals surface area contributed by atoms with Gasteiger partial charge in [0.2, 0.25) is 0 Å². The van der Waals surface area contributed by atoms with Crippen molar-refractivity contribution >= 4 is 29.9 Å². The van der Waals surface area contributed by atoms with Crippen LogP contribution in [0.1, 0.15) is 13.8 Å². The predicted octanol–water partition coefficient (Wildman–Crippen LogP) is 1.62. The zero-order valence-electron chi connectivity index (χ0n) is 13.2. The van der Waals surface area contributed by atoms with Gasteiger partial charge in [-0.05, 0) is 19.1 Å². The summed E-state index contributed by atoms with van der Waals surface area (Å²) in [7, 11) is 0. The van der Waals surface area contributed by atoms with Gasteiger partial charge in [0.15, 0.2) is 5.82 Å². The number of piperazine rings is 1. The minimum atomic E-state index is -0.211. The molecule has 22 heavy (non-hydrogen) atoms. The molecule has 0 amide bonds. The molecule has 0 unspecified atom stereocenters. The van der Waals surface area contributed by atoms with Crippen LogP contribution in [0.15, 0.2) is 18.3 Å². The third-order valence-corrected chi connectivity index (χ3v) is 3.54. The molecule has 1 fully saturated rings. The zero-order valence-corrected chi connectivity index (χ0v) is 14.1. The van der Waals surface area contributed by atoms with Crippen molar-refractivity contribution in [1.82, 2.24) is 9.88 Å². The Morgan fingerprint density at radius 2 is 2.09 bits per heavy atom. The third kappa shape index (κ3) is 5.35. The van der Waals surface area contributed by atoms with E-state index in [9.17, 15) is 4.79 Å². The fourth-order valence-electron chi connectivity index (χ4n) is 2.48. The van der Waals surface area contributed by atoms with Gasteiger partial charge in [0.1, 0.15) is 6.61 Å². The molecule has 7 heteroatoms. The van der Waals surface area contributed by atoms with E-state index < -0.39 is 0 Å². The van der Waals surface area contributed by atoms with E-state index in [0.717, 1.165) is 50.8 Å². The summed E-state index contributed by atoms with van der Waals surface area (Å²) in [6.07, 6.45) is 1.84. The molecule has 0 radical (unpaired) electrons. The highest BCUT2D eigenvalue weighted by Gasteiger charge is 2.19. The number of esters is 1. The molecular formula is C15H25ClN4O2. The Balaban J connectivity index is 0.00000242. The minimum Gasteiger partial charge on any atom is -0.465 e. The van der Waals surface area contributed by atoms with Crippen LogP contribution < -0.4 is 10.2 Å². The maximum Gasteiger partial charge on any atom is 0.302 e. The van der Waals surface area contributed by atoms with E-state index >= 15 is 0 Å². The SMILES string of the molecule is CCNc1cccnc1N1CCN(CCOC(C)=O)CC1.Cl. The topological polar surface area (TPSA) is 57.7 Å². The molecule has 1 aliphatic rings. The number of halogens is 1. The number of rotatable bonds is 6. The molecule has 0 bridgehead atoms. The second-order valence-electron chi connectivity index (χ2n) is 5.07. The molecule has 2 heterocycles. The lowest BCUT2D eigenvalue weighted by Crippen LogP contribution is -2.47. The number of ether oxygens (including phenoxy) is 1. The molecule has 1 N–H and O–H groups in total. The van der Waals surface area contributed by atoms with Crippen LogP contribution >= 0.6 is 12.4 Å². The summed E-state index contributed by atoms with van der Waals surface area (Å²) < 4.78 is 4.99. The van der Waals surface area contributed by atoms with E-state index in [1.165, 1.54) is 6.92 Å². The number of nitrogens with one attached hydrogen (secondary N) is 1. The smallest absolute Gasteiger partial charge is 0.302 e. The fourth-order valence-corrected chi connectivity index (χ4v) is 2.48. The van der Waals surface area contributed by atoms with E-state index in [-0.39, 0.29) is 18.4 Å². The molecule has 1 aromatic heterocycles. The number of hydrogen-bond acceptors (Lipinski definition) is 6. The first-order chi connectivity index (χ1) is 10.2. The number of carbonyl (C=O) groups is 1. The van der Waals surface area contributed by atoms with Crippen LogP contribution in [-0.4, -0.2) is 61.7 Å². The van der Waals surface area contributed by atoms with E-state index in [1.54, 1.807) is 0 Å². The van der Waals surface area contributed by atoms with Crippen LogP contribution in [0.3, 0.4) is 0 Å². The number of aromatic nitrogens is 1. The Morgan fingerprint density at radius 1 is 1.36 bits per heavy atom. The first-order valence-corrected chi connectivity index (χ1v) is 7.50. The highest BCUT2D eigenvalue weighted by molar-refractivity contribution is 5.85. The van der Waals surface area contributed by atoms with Crippen LogP contribution in [0.5, 0.6) is 0 Å². The molecule has 0 aromatic carbocycles. The molecule has 0 saturated carbocycles. The van der Waals surface area contributed by atoms with E-state index in [4.69, 9.17) is 4.74 Å². The fraction of sp³-hybridized carbons (Fsp3) is 0.600. The largest absolute Gasteiger partial charge is 0.465 e. The Kier molecular flexibility index (Phi) is 7.98. The van der Waals surface area contributed by atoms with Crippen molar-refractivity contribution < 1.29 is 9.53 Å². The van der Waals surface area contributed by atoms with Crippen LogP contribution in [-0.2, 0) is 9.53 Å². The van der Waals surface area contributed by atoms with Gasteiger partial charge < -0.3 is 15.0 Å². The molecule has 6 nitrogen and oxygen atoms in total. The first-order valence-electron chi connectivity index (χ1n) is 7.50. The van der Waals surface area contributed by atoms with Gasteiger partial charge in [0.25, 0.3) is 0 Å². The Hall–Kier alpha value is -1.53. The summed E-state index contributed by atoms with van der Waals surface area (Å²) in [5, 5.41) is 3.36. The predicted molar refractivity (Wildman–Crippen MR) is 90.9 cm³/mol. The second kappa shape index (κ2) is 9.48. The first kappa shape index (κ1) is 18.5. The molecule has 2 rings (SSSR count). The van der Waals surface area contributed by atoms with E-state index in [0.29, 0.717) is 6.61 Å². The van der Waals surface area contributed by atoms with Gasteiger partial charge in [0.05, 0.1) is 5.69 Å². The van der Waals surface area contributed by atoms with Crippen molar-refractivity contribution in [3.8, 4) is 0 Å². The highest BCUT2D eigenvalue weighted by Crippen LogP contribution is 2.23. The van der Waals surface area contributed by atoms with Gasteiger partial charge >= 0.3 is 5.97 Å². The lowest BCUT2D eigenvalue weighted by atomic mass is 10.2. The summed E-state index contributed by atoms with van der Waals surface area (Å²) in [6.45, 7) is 9.50. The monoisotopic (exact) mass is 328 g/mol. The lowest BCUT2D eigenvalue weighted by molar-refractivity contribution is -0.141. The number of anilines is 2. The maximum absolute atomic E-state index is 10.8. The van der Waals surface area contributed by atoms with Gasteiger partial charge in [0, 0.05) is 52.4 Å². The number of carbonyl (C=O) groups excluding carboxylic acids is 1. The van der Waals surface area contributed by atoms with Gasteiger partial charge in [-0.1, -0.05) is 0 Å². The van der Waals surface area contributed by atoms with E-state index in [1.807, 2.05) is 12.3 Å². The zero-order chi connectivity index (χ0) is 15.1. The standard InChI is InChI=1S/C15H24N4O2.ClH/c1-3-16-14-5-4-6-17-15(14)19-9-7-18(8-10-19)11-12-21-13(2)20;/h4-6,16H,3,7-12H2,1-2H3;1H.